The Morgan fingerprint density at radius 2 is 1.85 bits per heavy atom. The van der Waals surface area contributed by atoms with Crippen LogP contribution in [0.4, 0.5) is 8.78 Å². The standard InChI is InChI=1S/C27H24F2N4O/c1-2-15-34-27(13-11-20(12-14-27)19-7-4-3-5-8-19)18-33-17-24-23(16-30-33)31-26(32-24)21-9-6-10-22(28)25(21)29/h3-13,16-17H,2,14-15,18H2,1H3. The van der Waals surface area contributed by atoms with E-state index in [-0.39, 0.29) is 11.4 Å². The third-order valence-electron chi connectivity index (χ3n) is 5.87. The zero-order valence-corrected chi connectivity index (χ0v) is 18.8. The van der Waals surface area contributed by atoms with Gasteiger partial charge in [0.15, 0.2) is 17.5 Å². The SMILES string of the molecule is CCCOC1(Cn2cc3nc(-c4cccc(F)c4F)nc-3cn2)C=CC(c2ccccc2)=CC1. The van der Waals surface area contributed by atoms with Crippen molar-refractivity contribution in [2.75, 3.05) is 6.61 Å². The average molecular weight is 459 g/mol. The third kappa shape index (κ3) is 4.39. The summed E-state index contributed by atoms with van der Waals surface area (Å²) in [5.74, 6) is -1.75. The topological polar surface area (TPSA) is 52.8 Å². The van der Waals surface area contributed by atoms with Crippen LogP contribution in [0.15, 0.2) is 79.2 Å². The van der Waals surface area contributed by atoms with Crippen LogP contribution in [0.25, 0.3) is 28.3 Å². The molecule has 0 bridgehead atoms. The zero-order valence-electron chi connectivity index (χ0n) is 18.8. The van der Waals surface area contributed by atoms with Crippen molar-refractivity contribution in [2.45, 2.75) is 31.9 Å². The molecule has 0 radical (unpaired) electrons. The monoisotopic (exact) mass is 458 g/mol. The number of halogens is 2. The maximum Gasteiger partial charge on any atom is 0.169 e. The second-order valence-corrected chi connectivity index (χ2v) is 8.37. The van der Waals surface area contributed by atoms with Crippen LogP contribution < -0.4 is 0 Å². The van der Waals surface area contributed by atoms with Crippen LogP contribution in [0.2, 0.25) is 0 Å². The lowest BCUT2D eigenvalue weighted by atomic mass is 9.89. The van der Waals surface area contributed by atoms with Gasteiger partial charge in [-0.2, -0.15) is 5.10 Å². The highest BCUT2D eigenvalue weighted by Gasteiger charge is 2.31. The van der Waals surface area contributed by atoms with Crippen molar-refractivity contribution >= 4 is 5.57 Å². The number of benzene rings is 2. The first-order valence-corrected chi connectivity index (χ1v) is 11.3. The maximum atomic E-state index is 14.2. The Kier molecular flexibility index (Phi) is 6.02. The van der Waals surface area contributed by atoms with Crippen molar-refractivity contribution in [3.05, 3.63) is 96.4 Å². The smallest absolute Gasteiger partial charge is 0.169 e. The Balaban J connectivity index is 1.42. The van der Waals surface area contributed by atoms with E-state index in [0.717, 1.165) is 18.1 Å². The fourth-order valence-electron chi connectivity index (χ4n) is 4.10. The molecule has 2 aromatic rings. The Bertz CT molecular complexity index is 1330. The molecule has 34 heavy (non-hydrogen) atoms. The van der Waals surface area contributed by atoms with Gasteiger partial charge in [0.2, 0.25) is 0 Å². The Hall–Kier alpha value is -3.71. The molecular formula is C27H24F2N4O. The van der Waals surface area contributed by atoms with Crippen LogP contribution in [-0.2, 0) is 11.3 Å². The number of allylic oxidation sites excluding steroid dienone is 2. The highest BCUT2D eigenvalue weighted by Crippen LogP contribution is 2.32. The number of rotatable bonds is 7. The molecule has 1 unspecified atom stereocenters. The van der Waals surface area contributed by atoms with Crippen LogP contribution in [0.5, 0.6) is 0 Å². The summed E-state index contributed by atoms with van der Waals surface area (Å²) >= 11 is 0. The lowest BCUT2D eigenvalue weighted by Crippen LogP contribution is -2.37. The van der Waals surface area contributed by atoms with Crippen LogP contribution in [0.3, 0.4) is 0 Å². The van der Waals surface area contributed by atoms with Gasteiger partial charge in [-0.15, -0.1) is 0 Å². The number of hydrogen-bond acceptors (Lipinski definition) is 4. The molecule has 0 N–H and O–H groups in total. The number of nitrogens with zero attached hydrogens (tertiary/aromatic N) is 4. The van der Waals surface area contributed by atoms with Gasteiger partial charge in [0.05, 0.1) is 24.5 Å². The highest BCUT2D eigenvalue weighted by atomic mass is 19.2. The molecule has 0 saturated heterocycles. The van der Waals surface area contributed by atoms with Crippen molar-refractivity contribution in [3.63, 3.8) is 0 Å². The first-order valence-electron chi connectivity index (χ1n) is 11.3. The van der Waals surface area contributed by atoms with E-state index in [4.69, 9.17) is 4.74 Å². The molecule has 1 atom stereocenters. The summed E-state index contributed by atoms with van der Waals surface area (Å²) in [7, 11) is 0. The summed E-state index contributed by atoms with van der Waals surface area (Å²) in [4.78, 5) is 8.76. The molecule has 1 aliphatic carbocycles. The Morgan fingerprint density at radius 1 is 1.03 bits per heavy atom. The van der Waals surface area contributed by atoms with Crippen molar-refractivity contribution in [3.8, 4) is 22.8 Å². The number of fused-ring (bicyclic) bond motifs is 1. The number of hydrogen-bond donors (Lipinski definition) is 0. The number of ether oxygens (including phenoxy) is 1. The van der Waals surface area contributed by atoms with Gasteiger partial charge in [-0.05, 0) is 29.7 Å². The molecule has 5 nitrogen and oxygen atoms in total. The van der Waals surface area contributed by atoms with E-state index < -0.39 is 17.2 Å². The normalized spacial score (nSPS) is 17.8. The van der Waals surface area contributed by atoms with E-state index in [1.165, 1.54) is 17.7 Å². The van der Waals surface area contributed by atoms with Crippen LogP contribution >= 0.6 is 0 Å². The van der Waals surface area contributed by atoms with E-state index in [2.05, 4.69) is 52.4 Å². The molecule has 2 aromatic carbocycles. The minimum Gasteiger partial charge on any atom is -0.369 e. The Morgan fingerprint density at radius 3 is 2.62 bits per heavy atom. The first-order chi connectivity index (χ1) is 16.6. The lowest BCUT2D eigenvalue weighted by molar-refractivity contribution is -0.0212. The zero-order chi connectivity index (χ0) is 23.5. The summed E-state index contributed by atoms with van der Waals surface area (Å²) in [6.07, 6.45) is 11.4. The fraction of sp³-hybridized carbons (Fsp3) is 0.222. The first kappa shape index (κ1) is 22.1. The van der Waals surface area contributed by atoms with Gasteiger partial charge in [0.1, 0.15) is 17.0 Å². The predicted molar refractivity (Wildman–Crippen MR) is 127 cm³/mol. The molecule has 7 heteroatoms. The molecule has 3 aliphatic rings. The maximum absolute atomic E-state index is 14.2. The van der Waals surface area contributed by atoms with Crippen molar-refractivity contribution in [1.82, 2.24) is 19.7 Å². The average Bonchev–Trinajstić information content (AvgIpc) is 3.29. The van der Waals surface area contributed by atoms with Gasteiger partial charge >= 0.3 is 0 Å². The Labute approximate surface area is 196 Å². The molecule has 5 rings (SSSR count). The molecule has 0 fully saturated rings. The van der Waals surface area contributed by atoms with Gasteiger partial charge in [0, 0.05) is 13.0 Å². The van der Waals surface area contributed by atoms with E-state index >= 15 is 0 Å². The molecule has 0 aromatic heterocycles. The molecule has 2 aliphatic heterocycles. The van der Waals surface area contributed by atoms with Crippen molar-refractivity contribution in [2.24, 2.45) is 0 Å². The summed E-state index contributed by atoms with van der Waals surface area (Å²) in [6.45, 7) is 3.19. The van der Waals surface area contributed by atoms with Gasteiger partial charge in [-0.25, -0.2) is 18.7 Å². The summed E-state index contributed by atoms with van der Waals surface area (Å²) in [6, 6.07) is 14.2. The van der Waals surface area contributed by atoms with Gasteiger partial charge in [-0.1, -0.05) is 61.5 Å². The van der Waals surface area contributed by atoms with E-state index in [9.17, 15) is 8.78 Å². The predicted octanol–water partition coefficient (Wildman–Crippen LogP) is 5.93. The lowest BCUT2D eigenvalue weighted by Gasteiger charge is -2.33. The van der Waals surface area contributed by atoms with Gasteiger partial charge < -0.3 is 4.74 Å². The molecule has 172 valence electrons. The minimum atomic E-state index is -0.959. The molecule has 0 spiro atoms. The van der Waals surface area contributed by atoms with Crippen LogP contribution in [-0.4, -0.2) is 32.0 Å². The third-order valence-corrected chi connectivity index (χ3v) is 5.87. The van der Waals surface area contributed by atoms with E-state index in [1.807, 2.05) is 18.2 Å². The number of imidazole rings is 1. The summed E-state index contributed by atoms with van der Waals surface area (Å²) in [5, 5.41) is 4.49. The highest BCUT2D eigenvalue weighted by molar-refractivity contribution is 5.75. The van der Waals surface area contributed by atoms with Crippen molar-refractivity contribution in [1.29, 1.82) is 0 Å². The van der Waals surface area contributed by atoms with Crippen LogP contribution in [0.1, 0.15) is 25.3 Å². The minimum absolute atomic E-state index is 0.0271. The molecular weight excluding hydrogens is 434 g/mol. The van der Waals surface area contributed by atoms with Crippen LogP contribution in [0, 0.1) is 11.6 Å². The molecule has 0 amide bonds. The number of aromatic nitrogens is 4. The largest absolute Gasteiger partial charge is 0.369 e. The van der Waals surface area contributed by atoms with Gasteiger partial charge in [0.25, 0.3) is 0 Å². The summed E-state index contributed by atoms with van der Waals surface area (Å²) < 4.78 is 35.9. The van der Waals surface area contributed by atoms with Crippen molar-refractivity contribution < 1.29 is 13.5 Å². The van der Waals surface area contributed by atoms with E-state index in [0.29, 0.717) is 31.0 Å². The quantitative estimate of drug-likeness (QED) is 0.344. The van der Waals surface area contributed by atoms with E-state index in [1.54, 1.807) is 17.1 Å². The molecule has 0 saturated carbocycles. The fourth-order valence-corrected chi connectivity index (χ4v) is 4.10. The van der Waals surface area contributed by atoms with Gasteiger partial charge in [-0.3, -0.25) is 4.68 Å². The second kappa shape index (κ2) is 9.27. The molecule has 2 heterocycles. The summed E-state index contributed by atoms with van der Waals surface area (Å²) in [5.41, 5.74) is 2.88. The second-order valence-electron chi connectivity index (χ2n) is 8.37.